The lowest BCUT2D eigenvalue weighted by Crippen LogP contribution is -2.33. The summed E-state index contributed by atoms with van der Waals surface area (Å²) in [4.78, 5) is 0. The zero-order valence-corrected chi connectivity index (χ0v) is 9.37. The number of fused-ring (bicyclic) bond motifs is 1. The van der Waals surface area contributed by atoms with Gasteiger partial charge in [-0.2, -0.15) is 0 Å². The standard InChI is InChI=1S/C14H19N/c1-2-10-9-15-14(11-7-8-11)13-6-4-3-5-12(10)13/h3-6,10-11,14-15H,2,7-9H2,1H3. The van der Waals surface area contributed by atoms with Gasteiger partial charge in [0, 0.05) is 12.6 Å². The molecule has 80 valence electrons. The first-order valence-electron chi connectivity index (χ1n) is 6.22. The molecule has 15 heavy (non-hydrogen) atoms. The van der Waals surface area contributed by atoms with Crippen LogP contribution in [0.1, 0.15) is 49.3 Å². The zero-order chi connectivity index (χ0) is 10.3. The van der Waals surface area contributed by atoms with Crippen LogP contribution in [0.5, 0.6) is 0 Å². The van der Waals surface area contributed by atoms with Crippen LogP contribution < -0.4 is 5.32 Å². The lowest BCUT2D eigenvalue weighted by molar-refractivity contribution is 0.414. The minimum absolute atomic E-state index is 0.656. The van der Waals surface area contributed by atoms with Crippen molar-refractivity contribution in [3.8, 4) is 0 Å². The molecule has 1 aliphatic heterocycles. The zero-order valence-electron chi connectivity index (χ0n) is 9.37. The Kier molecular flexibility index (Phi) is 2.28. The summed E-state index contributed by atoms with van der Waals surface area (Å²) in [7, 11) is 0. The summed E-state index contributed by atoms with van der Waals surface area (Å²) in [5.74, 6) is 1.65. The smallest absolute Gasteiger partial charge is 0.0351 e. The highest BCUT2D eigenvalue weighted by molar-refractivity contribution is 5.36. The Hall–Kier alpha value is -0.820. The number of hydrogen-bond donors (Lipinski definition) is 1. The summed E-state index contributed by atoms with van der Waals surface area (Å²) in [5.41, 5.74) is 3.19. The summed E-state index contributed by atoms with van der Waals surface area (Å²) in [6, 6.07) is 9.70. The average molecular weight is 201 g/mol. The molecule has 0 amide bonds. The van der Waals surface area contributed by atoms with Crippen LogP contribution in [0.4, 0.5) is 0 Å². The van der Waals surface area contributed by atoms with Crippen LogP contribution in [0.25, 0.3) is 0 Å². The van der Waals surface area contributed by atoms with E-state index in [-0.39, 0.29) is 0 Å². The van der Waals surface area contributed by atoms with Crippen molar-refractivity contribution >= 4 is 0 Å². The minimum atomic E-state index is 0.656. The van der Waals surface area contributed by atoms with Crippen LogP contribution >= 0.6 is 0 Å². The van der Waals surface area contributed by atoms with E-state index in [2.05, 4.69) is 36.5 Å². The van der Waals surface area contributed by atoms with Crippen molar-refractivity contribution in [2.45, 2.75) is 38.1 Å². The predicted octanol–water partition coefficient (Wildman–Crippen LogP) is 3.23. The van der Waals surface area contributed by atoms with Crippen molar-refractivity contribution in [2.75, 3.05) is 6.54 Å². The van der Waals surface area contributed by atoms with Crippen molar-refractivity contribution in [1.82, 2.24) is 5.32 Å². The fraction of sp³-hybridized carbons (Fsp3) is 0.571. The molecule has 1 N–H and O–H groups in total. The maximum atomic E-state index is 3.74. The SMILES string of the molecule is CCC1CNC(C2CC2)c2ccccc21. The van der Waals surface area contributed by atoms with E-state index >= 15 is 0 Å². The van der Waals surface area contributed by atoms with E-state index in [9.17, 15) is 0 Å². The van der Waals surface area contributed by atoms with Crippen LogP contribution in [-0.2, 0) is 0 Å². The Balaban J connectivity index is 1.99. The number of nitrogens with one attached hydrogen (secondary N) is 1. The van der Waals surface area contributed by atoms with Gasteiger partial charge in [-0.15, -0.1) is 0 Å². The van der Waals surface area contributed by atoms with Gasteiger partial charge < -0.3 is 5.32 Å². The van der Waals surface area contributed by atoms with Crippen molar-refractivity contribution < 1.29 is 0 Å². The minimum Gasteiger partial charge on any atom is -0.309 e. The van der Waals surface area contributed by atoms with Gasteiger partial charge in [0.15, 0.2) is 0 Å². The van der Waals surface area contributed by atoms with Crippen molar-refractivity contribution in [1.29, 1.82) is 0 Å². The lowest BCUT2D eigenvalue weighted by Gasteiger charge is -2.32. The second-order valence-corrected chi connectivity index (χ2v) is 4.96. The molecule has 3 rings (SSSR count). The van der Waals surface area contributed by atoms with E-state index in [4.69, 9.17) is 0 Å². The third-order valence-electron chi connectivity index (χ3n) is 3.94. The summed E-state index contributed by atoms with van der Waals surface area (Å²) >= 11 is 0. The molecular weight excluding hydrogens is 182 g/mol. The van der Waals surface area contributed by atoms with Crippen molar-refractivity contribution in [2.24, 2.45) is 5.92 Å². The van der Waals surface area contributed by atoms with Gasteiger partial charge in [0.2, 0.25) is 0 Å². The van der Waals surface area contributed by atoms with Gasteiger partial charge in [0.05, 0.1) is 0 Å². The van der Waals surface area contributed by atoms with E-state index in [0.29, 0.717) is 6.04 Å². The van der Waals surface area contributed by atoms with Gasteiger partial charge in [0.1, 0.15) is 0 Å². The highest BCUT2D eigenvalue weighted by Crippen LogP contribution is 2.45. The average Bonchev–Trinajstić information content (AvgIpc) is 3.11. The van der Waals surface area contributed by atoms with Crippen LogP contribution in [0.3, 0.4) is 0 Å². The summed E-state index contributed by atoms with van der Waals surface area (Å²) in [6.45, 7) is 3.47. The first-order chi connectivity index (χ1) is 7.40. The van der Waals surface area contributed by atoms with Gasteiger partial charge in [-0.3, -0.25) is 0 Å². The largest absolute Gasteiger partial charge is 0.309 e. The fourth-order valence-corrected chi connectivity index (χ4v) is 2.87. The molecule has 1 fully saturated rings. The van der Waals surface area contributed by atoms with Crippen LogP contribution in [-0.4, -0.2) is 6.54 Å². The molecule has 1 nitrogen and oxygen atoms in total. The quantitative estimate of drug-likeness (QED) is 0.774. The lowest BCUT2D eigenvalue weighted by atomic mass is 9.84. The van der Waals surface area contributed by atoms with Crippen LogP contribution in [0, 0.1) is 5.92 Å². The molecule has 1 aromatic rings. The molecule has 2 atom stereocenters. The molecule has 0 bridgehead atoms. The summed E-state index contributed by atoms with van der Waals surface area (Å²) < 4.78 is 0. The third-order valence-corrected chi connectivity index (χ3v) is 3.94. The van der Waals surface area contributed by atoms with E-state index in [1.165, 1.54) is 25.8 Å². The molecule has 0 spiro atoms. The Bertz CT molecular complexity index is 354. The van der Waals surface area contributed by atoms with Gasteiger partial charge in [-0.25, -0.2) is 0 Å². The molecule has 1 heteroatoms. The highest BCUT2D eigenvalue weighted by Gasteiger charge is 2.36. The second-order valence-electron chi connectivity index (χ2n) is 4.96. The van der Waals surface area contributed by atoms with E-state index < -0.39 is 0 Å². The molecule has 2 aliphatic rings. The van der Waals surface area contributed by atoms with Gasteiger partial charge in [0.25, 0.3) is 0 Å². The Morgan fingerprint density at radius 3 is 2.60 bits per heavy atom. The maximum absolute atomic E-state index is 3.74. The summed E-state index contributed by atoms with van der Waals surface area (Å²) in [6.07, 6.45) is 4.09. The number of hydrogen-bond acceptors (Lipinski definition) is 1. The Morgan fingerprint density at radius 2 is 1.93 bits per heavy atom. The predicted molar refractivity (Wildman–Crippen MR) is 62.9 cm³/mol. The normalized spacial score (nSPS) is 29.9. The van der Waals surface area contributed by atoms with Crippen molar-refractivity contribution in [3.05, 3.63) is 35.4 Å². The first kappa shape index (κ1) is 9.41. The molecule has 0 radical (unpaired) electrons. The molecule has 0 saturated heterocycles. The number of rotatable bonds is 2. The molecule has 1 aliphatic carbocycles. The molecule has 2 unspecified atom stereocenters. The first-order valence-corrected chi connectivity index (χ1v) is 6.22. The van der Waals surface area contributed by atoms with E-state index in [0.717, 1.165) is 11.8 Å². The third kappa shape index (κ3) is 1.59. The highest BCUT2D eigenvalue weighted by atomic mass is 14.9. The van der Waals surface area contributed by atoms with Gasteiger partial charge >= 0.3 is 0 Å². The fourth-order valence-electron chi connectivity index (χ4n) is 2.87. The summed E-state index contributed by atoms with van der Waals surface area (Å²) in [5, 5.41) is 3.74. The monoisotopic (exact) mass is 201 g/mol. The number of benzene rings is 1. The van der Waals surface area contributed by atoms with Gasteiger partial charge in [-0.05, 0) is 42.2 Å². The molecule has 1 aromatic carbocycles. The molecule has 1 saturated carbocycles. The Labute approximate surface area is 91.9 Å². The molecule has 0 aromatic heterocycles. The van der Waals surface area contributed by atoms with Crippen LogP contribution in [0.2, 0.25) is 0 Å². The second kappa shape index (κ2) is 3.64. The molecule has 1 heterocycles. The Morgan fingerprint density at radius 1 is 1.20 bits per heavy atom. The molecular formula is C14H19N. The maximum Gasteiger partial charge on any atom is 0.0351 e. The van der Waals surface area contributed by atoms with E-state index in [1.807, 2.05) is 0 Å². The van der Waals surface area contributed by atoms with Crippen molar-refractivity contribution in [3.63, 3.8) is 0 Å². The van der Waals surface area contributed by atoms with E-state index in [1.54, 1.807) is 11.1 Å². The topological polar surface area (TPSA) is 12.0 Å². The van der Waals surface area contributed by atoms with Crippen LogP contribution in [0.15, 0.2) is 24.3 Å². The van der Waals surface area contributed by atoms with Gasteiger partial charge in [-0.1, -0.05) is 31.2 Å².